The van der Waals surface area contributed by atoms with Crippen molar-refractivity contribution in [3.05, 3.63) is 143 Å². The van der Waals surface area contributed by atoms with E-state index in [1.165, 1.54) is 67.5 Å². The summed E-state index contributed by atoms with van der Waals surface area (Å²) in [6.07, 6.45) is 0. The Balaban J connectivity index is 1.44. The zero-order chi connectivity index (χ0) is 32.8. The summed E-state index contributed by atoms with van der Waals surface area (Å²) in [5.74, 6) is 0. The summed E-state index contributed by atoms with van der Waals surface area (Å²) < 4.78 is 0. The van der Waals surface area contributed by atoms with Crippen molar-refractivity contribution in [2.24, 2.45) is 0 Å². The van der Waals surface area contributed by atoms with Crippen LogP contribution in [-0.2, 0) is 21.7 Å². The van der Waals surface area contributed by atoms with Gasteiger partial charge in [-0.25, -0.2) is 0 Å². The van der Waals surface area contributed by atoms with Gasteiger partial charge < -0.3 is 9.80 Å². The van der Waals surface area contributed by atoms with E-state index >= 15 is 0 Å². The Morgan fingerprint density at radius 3 is 1.15 bits per heavy atom. The minimum atomic E-state index is -0.123. The van der Waals surface area contributed by atoms with E-state index in [0.717, 1.165) is 0 Å². The molecule has 0 unspecified atom stereocenters. The van der Waals surface area contributed by atoms with Crippen LogP contribution in [0.25, 0.3) is 0 Å². The zero-order valence-electron chi connectivity index (χ0n) is 29.3. The van der Waals surface area contributed by atoms with Crippen LogP contribution >= 0.6 is 0 Å². The number of nitrogens with zero attached hydrogens (tertiary/aromatic N) is 2. The quantitative estimate of drug-likeness (QED) is 0.198. The molecule has 0 atom stereocenters. The summed E-state index contributed by atoms with van der Waals surface area (Å²) >= 11 is 0. The molecule has 5 aromatic rings. The maximum atomic E-state index is 2.48. The molecule has 0 fully saturated rings. The predicted molar refractivity (Wildman–Crippen MR) is 197 cm³/mol. The molecule has 0 spiro atoms. The summed E-state index contributed by atoms with van der Waals surface area (Å²) in [5, 5.41) is 0. The number of hydrogen-bond donors (Lipinski definition) is 0. The fraction of sp³-hybridized carbons (Fsp3) is 0.318. The van der Waals surface area contributed by atoms with Crippen LogP contribution < -0.4 is 9.80 Å². The van der Waals surface area contributed by atoms with Crippen LogP contribution in [-0.4, -0.2) is 0 Å². The minimum Gasteiger partial charge on any atom is -0.310 e. The Labute approximate surface area is 276 Å². The van der Waals surface area contributed by atoms with Crippen LogP contribution in [0.4, 0.5) is 34.1 Å². The van der Waals surface area contributed by atoms with Crippen molar-refractivity contribution in [1.82, 2.24) is 0 Å². The van der Waals surface area contributed by atoms with Gasteiger partial charge in [0.15, 0.2) is 0 Å². The lowest BCUT2D eigenvalue weighted by atomic mass is 9.71. The van der Waals surface area contributed by atoms with E-state index in [9.17, 15) is 0 Å². The average Bonchev–Trinajstić information content (AvgIpc) is 3.00. The van der Waals surface area contributed by atoms with Crippen molar-refractivity contribution in [2.45, 2.75) is 90.9 Å². The fourth-order valence-electron chi connectivity index (χ4n) is 7.67. The smallest absolute Gasteiger partial charge is 0.0502 e. The lowest BCUT2D eigenvalue weighted by molar-refractivity contribution is 0.580. The Morgan fingerprint density at radius 2 is 0.761 bits per heavy atom. The van der Waals surface area contributed by atoms with Crippen molar-refractivity contribution < 1.29 is 0 Å². The van der Waals surface area contributed by atoms with Crippen LogP contribution in [0, 0.1) is 0 Å². The van der Waals surface area contributed by atoms with Gasteiger partial charge in [0.2, 0.25) is 0 Å². The fourth-order valence-corrected chi connectivity index (χ4v) is 7.67. The van der Waals surface area contributed by atoms with Gasteiger partial charge in [0, 0.05) is 22.2 Å². The van der Waals surface area contributed by atoms with Crippen LogP contribution in [0.5, 0.6) is 0 Å². The van der Waals surface area contributed by atoms with Crippen molar-refractivity contribution in [1.29, 1.82) is 0 Å². The number of fused-ring (bicyclic) bond motifs is 4. The van der Waals surface area contributed by atoms with Crippen LogP contribution in [0.1, 0.15) is 103 Å². The molecule has 2 nitrogen and oxygen atoms in total. The van der Waals surface area contributed by atoms with E-state index in [0.29, 0.717) is 0 Å². The number of para-hydroxylation sites is 2. The lowest BCUT2D eigenvalue weighted by Gasteiger charge is -2.44. The van der Waals surface area contributed by atoms with E-state index in [2.05, 4.69) is 188 Å². The highest BCUT2D eigenvalue weighted by atomic mass is 15.2. The van der Waals surface area contributed by atoms with E-state index < -0.39 is 0 Å². The third-order valence-corrected chi connectivity index (χ3v) is 10.5. The van der Waals surface area contributed by atoms with Gasteiger partial charge in [-0.05, 0) is 86.7 Å². The highest BCUT2D eigenvalue weighted by Crippen LogP contribution is 2.55. The second-order valence-corrected chi connectivity index (χ2v) is 16.4. The normalized spacial score (nSPS) is 16.3. The average molecular weight is 605 g/mol. The van der Waals surface area contributed by atoms with Gasteiger partial charge in [-0.1, -0.05) is 136 Å². The molecule has 2 aliphatic rings. The SMILES string of the molecule is CC(C)(C)c1ccc2c(c1)C(C)(C)c1ccccc1N2c1cccc(N2c3ccccc3C(C)(C)c3cc(C(C)(C)C)ccc32)c1. The standard InChI is InChI=1S/C44H48N2/c1-41(2,3)29-22-24-39-35(26-29)43(7,8)33-18-11-13-20-37(33)45(39)31-16-15-17-32(28-31)46-38-21-14-12-19-34(38)44(9,10)36-27-30(42(4,5)6)23-25-40(36)46/h11-28H,1-10H3. The third kappa shape index (κ3) is 4.60. The maximum Gasteiger partial charge on any atom is 0.0502 e. The van der Waals surface area contributed by atoms with Crippen molar-refractivity contribution in [3.63, 3.8) is 0 Å². The van der Waals surface area contributed by atoms with Gasteiger partial charge in [-0.15, -0.1) is 0 Å². The molecule has 5 aromatic carbocycles. The molecule has 0 bridgehead atoms. The second-order valence-electron chi connectivity index (χ2n) is 16.4. The monoisotopic (exact) mass is 604 g/mol. The molecule has 46 heavy (non-hydrogen) atoms. The number of hydrogen-bond acceptors (Lipinski definition) is 2. The highest BCUT2D eigenvalue weighted by molar-refractivity contribution is 5.90. The van der Waals surface area contributed by atoms with Crippen LogP contribution in [0.3, 0.4) is 0 Å². The number of benzene rings is 5. The molecule has 0 aliphatic carbocycles. The first kappa shape index (κ1) is 30.4. The van der Waals surface area contributed by atoms with Crippen LogP contribution in [0.2, 0.25) is 0 Å². The van der Waals surface area contributed by atoms with E-state index in [-0.39, 0.29) is 21.7 Å². The Kier molecular flexibility index (Phi) is 6.66. The summed E-state index contributed by atoms with van der Waals surface area (Å²) in [6, 6.07) is 41.3. The van der Waals surface area contributed by atoms with Gasteiger partial charge in [-0.3, -0.25) is 0 Å². The summed E-state index contributed by atoms with van der Waals surface area (Å²) in [6.45, 7) is 23.3. The lowest BCUT2D eigenvalue weighted by Crippen LogP contribution is -2.32. The Morgan fingerprint density at radius 1 is 0.391 bits per heavy atom. The zero-order valence-corrected chi connectivity index (χ0v) is 29.3. The molecule has 0 radical (unpaired) electrons. The van der Waals surface area contributed by atoms with Crippen molar-refractivity contribution in [3.8, 4) is 0 Å². The molecule has 2 heteroatoms. The van der Waals surface area contributed by atoms with Crippen LogP contribution in [0.15, 0.2) is 109 Å². The molecule has 0 aromatic heterocycles. The largest absolute Gasteiger partial charge is 0.310 e. The molecule has 0 N–H and O–H groups in total. The summed E-state index contributed by atoms with van der Waals surface area (Å²) in [5.41, 5.74) is 15.4. The molecular formula is C44H48N2. The number of anilines is 6. The first-order chi connectivity index (χ1) is 21.6. The highest BCUT2D eigenvalue weighted by Gasteiger charge is 2.40. The maximum absolute atomic E-state index is 2.48. The molecule has 2 aliphatic heterocycles. The Bertz CT molecular complexity index is 1840. The molecule has 234 valence electrons. The van der Waals surface area contributed by atoms with Gasteiger partial charge >= 0.3 is 0 Å². The number of rotatable bonds is 2. The van der Waals surface area contributed by atoms with E-state index in [1.54, 1.807) is 0 Å². The van der Waals surface area contributed by atoms with Gasteiger partial charge in [-0.2, -0.15) is 0 Å². The van der Waals surface area contributed by atoms with Gasteiger partial charge in [0.05, 0.1) is 22.7 Å². The van der Waals surface area contributed by atoms with Gasteiger partial charge in [0.1, 0.15) is 0 Å². The first-order valence-corrected chi connectivity index (χ1v) is 16.8. The second kappa shape index (κ2) is 10.1. The molecular weight excluding hydrogens is 556 g/mol. The first-order valence-electron chi connectivity index (χ1n) is 16.8. The predicted octanol–water partition coefficient (Wildman–Crippen LogP) is 12.5. The minimum absolute atomic E-state index is 0.0719. The molecule has 0 amide bonds. The topological polar surface area (TPSA) is 6.48 Å². The summed E-state index contributed by atoms with van der Waals surface area (Å²) in [4.78, 5) is 4.96. The van der Waals surface area contributed by atoms with Gasteiger partial charge in [0.25, 0.3) is 0 Å². The molecule has 0 saturated carbocycles. The molecule has 0 saturated heterocycles. The molecule has 7 rings (SSSR count). The van der Waals surface area contributed by atoms with Crippen molar-refractivity contribution in [2.75, 3.05) is 9.80 Å². The van der Waals surface area contributed by atoms with Crippen molar-refractivity contribution >= 4 is 34.1 Å². The summed E-state index contributed by atoms with van der Waals surface area (Å²) in [7, 11) is 0. The molecule has 2 heterocycles. The third-order valence-electron chi connectivity index (χ3n) is 10.5. The Hall–Kier alpha value is -4.30. The van der Waals surface area contributed by atoms with E-state index in [1.807, 2.05) is 0 Å². The van der Waals surface area contributed by atoms with E-state index in [4.69, 9.17) is 0 Å².